The molecule has 0 radical (unpaired) electrons. The third kappa shape index (κ3) is 3.15. The molecule has 1 aromatic rings. The Morgan fingerprint density at radius 2 is 2.12 bits per heavy atom. The lowest BCUT2D eigenvalue weighted by Gasteiger charge is -2.26. The summed E-state index contributed by atoms with van der Waals surface area (Å²) in [6.45, 7) is 5.50. The van der Waals surface area contributed by atoms with E-state index in [9.17, 15) is 0 Å². The van der Waals surface area contributed by atoms with Crippen LogP contribution >= 0.6 is 0 Å². The van der Waals surface area contributed by atoms with E-state index >= 15 is 0 Å². The third-order valence-electron chi connectivity index (χ3n) is 2.78. The summed E-state index contributed by atoms with van der Waals surface area (Å²) in [7, 11) is 1.60. The molecule has 16 heavy (non-hydrogen) atoms. The Morgan fingerprint density at radius 3 is 2.75 bits per heavy atom. The first-order valence-electron chi connectivity index (χ1n) is 5.66. The summed E-state index contributed by atoms with van der Waals surface area (Å²) in [5.74, 6) is 0.575. The summed E-state index contributed by atoms with van der Waals surface area (Å²) in [6, 6.07) is 0. The fourth-order valence-electron chi connectivity index (χ4n) is 1.78. The summed E-state index contributed by atoms with van der Waals surface area (Å²) in [4.78, 5) is 10.9. The molecule has 5 heteroatoms. The zero-order valence-electron chi connectivity index (χ0n) is 9.65. The average molecular weight is 222 g/mol. The van der Waals surface area contributed by atoms with E-state index in [0.29, 0.717) is 5.88 Å². The molecule has 1 N–H and O–H groups in total. The predicted molar refractivity (Wildman–Crippen MR) is 61.6 cm³/mol. The monoisotopic (exact) mass is 222 g/mol. The Hall–Kier alpha value is -1.20. The molecule has 1 fully saturated rings. The fourth-order valence-corrected chi connectivity index (χ4v) is 1.78. The molecule has 1 aliphatic rings. The van der Waals surface area contributed by atoms with Crippen molar-refractivity contribution in [3.8, 4) is 5.88 Å². The van der Waals surface area contributed by atoms with Crippen molar-refractivity contribution in [1.29, 1.82) is 0 Å². The van der Waals surface area contributed by atoms with Gasteiger partial charge in [-0.15, -0.1) is 0 Å². The van der Waals surface area contributed by atoms with Crippen LogP contribution in [0.1, 0.15) is 5.69 Å². The minimum Gasteiger partial charge on any atom is -0.480 e. The van der Waals surface area contributed by atoms with Crippen LogP contribution in [0.4, 0.5) is 0 Å². The van der Waals surface area contributed by atoms with Crippen LogP contribution in [0.5, 0.6) is 5.88 Å². The SMILES string of the molecule is COc1cnc(CCN2CCNCC2)cn1. The van der Waals surface area contributed by atoms with Crippen molar-refractivity contribution in [2.75, 3.05) is 39.8 Å². The van der Waals surface area contributed by atoms with Crippen molar-refractivity contribution in [2.45, 2.75) is 6.42 Å². The Kier molecular flexibility index (Phi) is 4.07. The molecule has 0 atom stereocenters. The van der Waals surface area contributed by atoms with E-state index < -0.39 is 0 Å². The molecule has 1 aliphatic heterocycles. The van der Waals surface area contributed by atoms with E-state index in [-0.39, 0.29) is 0 Å². The van der Waals surface area contributed by atoms with Crippen LogP contribution in [-0.4, -0.2) is 54.7 Å². The standard InChI is InChI=1S/C11H18N4O/c1-16-11-9-13-10(8-14-11)2-5-15-6-3-12-4-7-15/h8-9,12H,2-7H2,1H3. The molecule has 88 valence electrons. The summed E-state index contributed by atoms with van der Waals surface area (Å²) in [5.41, 5.74) is 1.03. The van der Waals surface area contributed by atoms with E-state index in [2.05, 4.69) is 20.2 Å². The van der Waals surface area contributed by atoms with Crippen molar-refractivity contribution in [2.24, 2.45) is 0 Å². The zero-order chi connectivity index (χ0) is 11.2. The van der Waals surface area contributed by atoms with Crippen LogP contribution < -0.4 is 10.1 Å². The Morgan fingerprint density at radius 1 is 1.31 bits per heavy atom. The molecule has 0 aliphatic carbocycles. The van der Waals surface area contributed by atoms with E-state index in [1.807, 2.05) is 0 Å². The van der Waals surface area contributed by atoms with Crippen LogP contribution in [0.25, 0.3) is 0 Å². The first-order valence-corrected chi connectivity index (χ1v) is 5.66. The van der Waals surface area contributed by atoms with Gasteiger partial charge in [0.05, 0.1) is 25.2 Å². The summed E-state index contributed by atoms with van der Waals surface area (Å²) in [5, 5.41) is 3.34. The largest absolute Gasteiger partial charge is 0.480 e. The lowest BCUT2D eigenvalue weighted by molar-refractivity contribution is 0.243. The van der Waals surface area contributed by atoms with Crippen LogP contribution in [0.2, 0.25) is 0 Å². The maximum atomic E-state index is 4.97. The maximum absolute atomic E-state index is 4.97. The second kappa shape index (κ2) is 5.77. The van der Waals surface area contributed by atoms with Crippen LogP contribution in [0.15, 0.2) is 12.4 Å². The number of nitrogens with zero attached hydrogens (tertiary/aromatic N) is 3. The first kappa shape index (κ1) is 11.3. The quantitative estimate of drug-likeness (QED) is 0.773. The number of ether oxygens (including phenoxy) is 1. The molecule has 2 rings (SSSR count). The predicted octanol–water partition coefficient (Wildman–Crippen LogP) is -0.0671. The average Bonchev–Trinajstić information content (AvgIpc) is 2.38. The van der Waals surface area contributed by atoms with Crippen molar-refractivity contribution in [1.82, 2.24) is 20.2 Å². The second-order valence-electron chi connectivity index (χ2n) is 3.89. The molecule has 2 heterocycles. The second-order valence-corrected chi connectivity index (χ2v) is 3.89. The van der Waals surface area contributed by atoms with E-state index in [1.165, 1.54) is 0 Å². The molecule has 1 saturated heterocycles. The number of aromatic nitrogens is 2. The number of hydrogen-bond acceptors (Lipinski definition) is 5. The highest BCUT2D eigenvalue weighted by Gasteiger charge is 2.09. The van der Waals surface area contributed by atoms with Crippen LogP contribution in [-0.2, 0) is 6.42 Å². The lowest BCUT2D eigenvalue weighted by Crippen LogP contribution is -2.44. The van der Waals surface area contributed by atoms with Gasteiger partial charge in [-0.25, -0.2) is 4.98 Å². The van der Waals surface area contributed by atoms with Gasteiger partial charge in [-0.05, 0) is 0 Å². The van der Waals surface area contributed by atoms with Gasteiger partial charge in [0.2, 0.25) is 5.88 Å². The minimum atomic E-state index is 0.575. The van der Waals surface area contributed by atoms with Gasteiger partial charge in [0.1, 0.15) is 0 Å². The Balaban J connectivity index is 1.79. The van der Waals surface area contributed by atoms with Crippen molar-refractivity contribution in [3.05, 3.63) is 18.1 Å². The van der Waals surface area contributed by atoms with Gasteiger partial charge in [-0.1, -0.05) is 0 Å². The molecule has 0 unspecified atom stereocenters. The Labute approximate surface area is 95.8 Å². The molecule has 1 aromatic heterocycles. The maximum Gasteiger partial charge on any atom is 0.231 e. The van der Waals surface area contributed by atoms with Crippen molar-refractivity contribution < 1.29 is 4.74 Å². The van der Waals surface area contributed by atoms with Crippen molar-refractivity contribution in [3.63, 3.8) is 0 Å². The normalized spacial score (nSPS) is 17.3. The molecule has 0 bridgehead atoms. The molecular formula is C11H18N4O. The lowest BCUT2D eigenvalue weighted by atomic mass is 10.2. The number of rotatable bonds is 4. The fraction of sp³-hybridized carbons (Fsp3) is 0.636. The number of hydrogen-bond donors (Lipinski definition) is 1. The smallest absolute Gasteiger partial charge is 0.231 e. The molecule has 0 amide bonds. The molecule has 0 spiro atoms. The molecule has 5 nitrogen and oxygen atoms in total. The number of piperazine rings is 1. The van der Waals surface area contributed by atoms with Crippen LogP contribution in [0.3, 0.4) is 0 Å². The molecule has 0 saturated carbocycles. The van der Waals surface area contributed by atoms with Gasteiger partial charge in [-0.3, -0.25) is 4.98 Å². The number of nitrogens with one attached hydrogen (secondary N) is 1. The van der Waals surface area contributed by atoms with Gasteiger partial charge in [-0.2, -0.15) is 0 Å². The minimum absolute atomic E-state index is 0.575. The molecular weight excluding hydrogens is 204 g/mol. The van der Waals surface area contributed by atoms with Gasteiger partial charge in [0.15, 0.2) is 0 Å². The first-order chi connectivity index (χ1) is 7.88. The molecule has 0 aromatic carbocycles. The van der Waals surface area contributed by atoms with Gasteiger partial charge < -0.3 is 15.0 Å². The zero-order valence-corrected chi connectivity index (χ0v) is 9.65. The highest BCUT2D eigenvalue weighted by Crippen LogP contribution is 2.04. The topological polar surface area (TPSA) is 50.3 Å². The van der Waals surface area contributed by atoms with Gasteiger partial charge in [0.25, 0.3) is 0 Å². The van der Waals surface area contributed by atoms with E-state index in [4.69, 9.17) is 4.74 Å². The third-order valence-corrected chi connectivity index (χ3v) is 2.78. The Bertz CT molecular complexity index is 308. The highest BCUT2D eigenvalue weighted by atomic mass is 16.5. The summed E-state index contributed by atoms with van der Waals surface area (Å²) >= 11 is 0. The van der Waals surface area contributed by atoms with E-state index in [0.717, 1.165) is 44.8 Å². The highest BCUT2D eigenvalue weighted by molar-refractivity contribution is 5.07. The summed E-state index contributed by atoms with van der Waals surface area (Å²) in [6.07, 6.45) is 4.42. The summed E-state index contributed by atoms with van der Waals surface area (Å²) < 4.78 is 4.97. The van der Waals surface area contributed by atoms with Crippen LogP contribution in [0, 0.1) is 0 Å². The van der Waals surface area contributed by atoms with Gasteiger partial charge in [0, 0.05) is 39.1 Å². The number of methoxy groups -OCH3 is 1. The van der Waals surface area contributed by atoms with Gasteiger partial charge >= 0.3 is 0 Å². The van der Waals surface area contributed by atoms with Crippen molar-refractivity contribution >= 4 is 0 Å². The van der Waals surface area contributed by atoms with E-state index in [1.54, 1.807) is 19.5 Å².